The van der Waals surface area contributed by atoms with Gasteiger partial charge in [-0.05, 0) is 47.7 Å². The summed E-state index contributed by atoms with van der Waals surface area (Å²) in [5.41, 5.74) is 3.06. The maximum atomic E-state index is 14.4. The zero-order valence-electron chi connectivity index (χ0n) is 31.9. The smallest absolute Gasteiger partial charge is 0.406 e. The van der Waals surface area contributed by atoms with E-state index in [1.807, 2.05) is 91.0 Å². The summed E-state index contributed by atoms with van der Waals surface area (Å²) in [4.78, 5) is 0. The molecule has 288 valence electrons. The first kappa shape index (κ1) is 42.5. The van der Waals surface area contributed by atoms with E-state index in [0.29, 0.717) is 32.7 Å². The number of hydrogen-bond donors (Lipinski definition) is 0. The van der Waals surface area contributed by atoms with Gasteiger partial charge in [-0.15, -0.1) is 0 Å². The maximum Gasteiger partial charge on any atom is 0.477 e. The van der Waals surface area contributed by atoms with Crippen LogP contribution in [0.25, 0.3) is 0 Å². The molecule has 0 bridgehead atoms. The van der Waals surface area contributed by atoms with Gasteiger partial charge in [0.2, 0.25) is 0 Å². The van der Waals surface area contributed by atoms with Gasteiger partial charge in [0.05, 0.1) is 39.6 Å². The molecule has 3 aromatic carbocycles. The Kier molecular flexibility index (Phi) is 18.7. The summed E-state index contributed by atoms with van der Waals surface area (Å²) in [7, 11) is -6.43. The quantitative estimate of drug-likeness (QED) is 0.0476. The molecule has 5 atom stereocenters. The molecular weight excluding hydrogens is 696 g/mol. The Hall–Kier alpha value is -2.21. The SMILES string of the molecule is CCCCOP(=O)(OCCCC)O[C@@H]1OC(COCc2ccccc2)[C@@H](OCc2ccccc2)[C@H](OCc2ccccc2)C1O[Si](CC)(CC)CC. The van der Waals surface area contributed by atoms with Crippen molar-refractivity contribution >= 4 is 16.1 Å². The molecule has 52 heavy (non-hydrogen) atoms. The summed E-state index contributed by atoms with van der Waals surface area (Å²) < 4.78 is 66.8. The van der Waals surface area contributed by atoms with E-state index in [9.17, 15) is 4.57 Å². The normalized spacial score (nSPS) is 21.0. The Morgan fingerprint density at radius 1 is 0.615 bits per heavy atom. The average Bonchev–Trinajstić information content (AvgIpc) is 3.18. The first-order valence-electron chi connectivity index (χ1n) is 19.2. The van der Waals surface area contributed by atoms with Crippen LogP contribution in [0.4, 0.5) is 0 Å². The van der Waals surface area contributed by atoms with Crippen molar-refractivity contribution in [1.82, 2.24) is 0 Å². The fourth-order valence-corrected chi connectivity index (χ4v) is 10.3. The number of hydrogen-bond acceptors (Lipinski definition) is 9. The van der Waals surface area contributed by atoms with Crippen molar-refractivity contribution < 1.29 is 41.5 Å². The third-order valence-electron chi connectivity index (χ3n) is 9.60. The van der Waals surface area contributed by atoms with Gasteiger partial charge in [-0.2, -0.15) is 0 Å². The van der Waals surface area contributed by atoms with Gasteiger partial charge in [-0.1, -0.05) is 138 Å². The fourth-order valence-electron chi connectivity index (χ4n) is 6.17. The molecule has 0 aromatic heterocycles. The summed E-state index contributed by atoms with van der Waals surface area (Å²) >= 11 is 0. The summed E-state index contributed by atoms with van der Waals surface area (Å²) in [6, 6.07) is 32.7. The predicted molar refractivity (Wildman–Crippen MR) is 207 cm³/mol. The highest BCUT2D eigenvalue weighted by Crippen LogP contribution is 2.53. The van der Waals surface area contributed by atoms with E-state index in [1.54, 1.807) is 0 Å². The van der Waals surface area contributed by atoms with E-state index in [0.717, 1.165) is 47.7 Å². The molecule has 1 heterocycles. The molecule has 1 saturated heterocycles. The highest BCUT2D eigenvalue weighted by atomic mass is 31.2. The Morgan fingerprint density at radius 2 is 1.08 bits per heavy atom. The van der Waals surface area contributed by atoms with Gasteiger partial charge in [0.15, 0.2) is 14.6 Å². The maximum absolute atomic E-state index is 14.4. The second kappa shape index (κ2) is 22.9. The lowest BCUT2D eigenvalue weighted by Gasteiger charge is -2.48. The molecule has 0 radical (unpaired) electrons. The largest absolute Gasteiger partial charge is 0.477 e. The molecule has 0 spiro atoms. The van der Waals surface area contributed by atoms with Crippen LogP contribution in [-0.2, 0) is 61.3 Å². The first-order valence-corrected chi connectivity index (χ1v) is 23.2. The van der Waals surface area contributed by atoms with Gasteiger partial charge in [0, 0.05) is 0 Å². The summed E-state index contributed by atoms with van der Waals surface area (Å²) in [5, 5.41) is 0. The molecule has 0 aliphatic carbocycles. The van der Waals surface area contributed by atoms with Crippen LogP contribution in [0.3, 0.4) is 0 Å². The Bertz CT molecular complexity index is 1390. The molecule has 1 aliphatic heterocycles. The standard InChI is InChI=1S/C41H61O9PSi/c1-6-11-28-46-51(42,47-29-12-7-2)49-41-40(50-52(8-3,9-4)10-5)39(45-32-36-26-20-15-21-27-36)38(44-31-35-24-18-14-19-25-35)37(48-41)33-43-30-34-22-16-13-17-23-34/h13-27,37-41H,6-12,28-33H2,1-5H3/t37?,38-,39+,40?,41+/m1/s1. The van der Waals surface area contributed by atoms with E-state index in [2.05, 4.69) is 34.6 Å². The minimum Gasteiger partial charge on any atom is -0.406 e. The van der Waals surface area contributed by atoms with Gasteiger partial charge in [-0.3, -0.25) is 13.6 Å². The summed E-state index contributed by atoms with van der Waals surface area (Å²) in [6.07, 6.45) is -0.744. The third-order valence-corrected chi connectivity index (χ3v) is 15.7. The number of phosphoric ester groups is 1. The lowest BCUT2D eigenvalue weighted by Crippen LogP contribution is -2.64. The van der Waals surface area contributed by atoms with Crippen molar-refractivity contribution in [2.45, 2.75) is 129 Å². The summed E-state index contributed by atoms with van der Waals surface area (Å²) in [6.45, 7) is 12.3. The predicted octanol–water partition coefficient (Wildman–Crippen LogP) is 10.2. The molecule has 3 aromatic rings. The molecule has 1 aliphatic rings. The lowest BCUT2D eigenvalue weighted by molar-refractivity contribution is -0.299. The number of unbranched alkanes of at least 4 members (excludes halogenated alkanes) is 2. The number of ether oxygens (including phenoxy) is 4. The van der Waals surface area contributed by atoms with Crippen LogP contribution in [0, 0.1) is 0 Å². The van der Waals surface area contributed by atoms with Crippen molar-refractivity contribution in [3.05, 3.63) is 108 Å². The minimum atomic E-state index is -4.09. The van der Waals surface area contributed by atoms with E-state index in [1.165, 1.54) is 0 Å². The highest BCUT2D eigenvalue weighted by Gasteiger charge is 2.53. The molecule has 0 saturated carbocycles. The van der Waals surface area contributed by atoms with Crippen LogP contribution < -0.4 is 0 Å². The van der Waals surface area contributed by atoms with Gasteiger partial charge in [0.1, 0.15) is 24.4 Å². The lowest BCUT2D eigenvalue weighted by atomic mass is 9.98. The highest BCUT2D eigenvalue weighted by molar-refractivity contribution is 7.48. The molecule has 0 N–H and O–H groups in total. The topological polar surface area (TPSA) is 90.9 Å². The van der Waals surface area contributed by atoms with Crippen LogP contribution in [0.5, 0.6) is 0 Å². The van der Waals surface area contributed by atoms with Crippen molar-refractivity contribution in [1.29, 1.82) is 0 Å². The van der Waals surface area contributed by atoms with Gasteiger partial charge < -0.3 is 23.4 Å². The van der Waals surface area contributed by atoms with Crippen LogP contribution in [0.1, 0.15) is 77.0 Å². The molecule has 1 fully saturated rings. The van der Waals surface area contributed by atoms with Crippen LogP contribution >= 0.6 is 7.82 Å². The molecule has 9 nitrogen and oxygen atoms in total. The van der Waals surface area contributed by atoms with Gasteiger partial charge >= 0.3 is 7.82 Å². The van der Waals surface area contributed by atoms with Crippen LogP contribution in [0.2, 0.25) is 18.1 Å². The number of benzene rings is 3. The average molecular weight is 757 g/mol. The fraction of sp³-hybridized carbons (Fsp3) is 0.561. The van der Waals surface area contributed by atoms with Gasteiger partial charge in [0.25, 0.3) is 0 Å². The van der Waals surface area contributed by atoms with Crippen molar-refractivity contribution in [3.63, 3.8) is 0 Å². The Morgan fingerprint density at radius 3 is 1.54 bits per heavy atom. The van der Waals surface area contributed by atoms with E-state index < -0.39 is 46.8 Å². The van der Waals surface area contributed by atoms with Crippen molar-refractivity contribution in [3.8, 4) is 0 Å². The van der Waals surface area contributed by atoms with Crippen molar-refractivity contribution in [2.24, 2.45) is 0 Å². The second-order valence-electron chi connectivity index (χ2n) is 13.3. The molecule has 0 amide bonds. The monoisotopic (exact) mass is 756 g/mol. The van der Waals surface area contributed by atoms with Crippen LogP contribution in [-0.4, -0.2) is 58.8 Å². The van der Waals surface area contributed by atoms with E-state index in [4.69, 9.17) is 36.9 Å². The summed E-state index contributed by atoms with van der Waals surface area (Å²) in [5.74, 6) is 0. The molecule has 11 heteroatoms. The molecule has 4 rings (SSSR count). The van der Waals surface area contributed by atoms with Gasteiger partial charge in [-0.25, -0.2) is 4.57 Å². The minimum absolute atomic E-state index is 0.168. The second-order valence-corrected chi connectivity index (χ2v) is 19.7. The number of rotatable bonds is 25. The zero-order chi connectivity index (χ0) is 37.1. The Labute approximate surface area is 313 Å². The Balaban J connectivity index is 1.76. The molecule has 2 unspecified atom stereocenters. The van der Waals surface area contributed by atoms with Crippen LogP contribution in [0.15, 0.2) is 91.0 Å². The third kappa shape index (κ3) is 13.3. The zero-order valence-corrected chi connectivity index (χ0v) is 33.8. The van der Waals surface area contributed by atoms with E-state index >= 15 is 0 Å². The molecular formula is C41H61O9PSi. The van der Waals surface area contributed by atoms with E-state index in [-0.39, 0.29) is 19.8 Å². The number of phosphoric acid groups is 1. The first-order chi connectivity index (χ1) is 25.4. The van der Waals surface area contributed by atoms with Crippen molar-refractivity contribution in [2.75, 3.05) is 19.8 Å².